The Balaban J connectivity index is 0.00000500. The third kappa shape index (κ3) is 7.70. The standard InChI is InChI=1S/C33H33N7O6.ClH/c1-39-32(43)29(30(22-5-3-20(18-34)4-6-22)37-33(39)40-15-13-24(35)14-16-40)21-7-10-25(11-8-21)46-19-28(41)36-26-12-9-23(31(42)38-44)17-27(26)45-2;/h3-12,17,24,44H,13-16,19,35H2,1-2H3,(H,36,41)(H,38,42);1H. The number of anilines is 2. The zero-order valence-corrected chi connectivity index (χ0v) is 26.5. The molecule has 0 saturated carbocycles. The van der Waals surface area contributed by atoms with Gasteiger partial charge in [0.05, 0.1) is 35.7 Å². The summed E-state index contributed by atoms with van der Waals surface area (Å²) in [6, 6.07) is 20.2. The molecular formula is C33H34ClN7O6. The Morgan fingerprint density at radius 2 is 1.72 bits per heavy atom. The molecule has 1 aromatic heterocycles. The van der Waals surface area contributed by atoms with Crippen molar-refractivity contribution in [3.63, 3.8) is 0 Å². The third-order valence-electron chi connectivity index (χ3n) is 7.73. The van der Waals surface area contributed by atoms with E-state index in [1.165, 1.54) is 25.3 Å². The van der Waals surface area contributed by atoms with E-state index in [1.54, 1.807) is 65.6 Å². The molecule has 0 atom stereocenters. The zero-order chi connectivity index (χ0) is 32.8. The van der Waals surface area contributed by atoms with Crippen LogP contribution in [0.5, 0.6) is 11.5 Å². The quantitative estimate of drug-likeness (QED) is 0.153. The van der Waals surface area contributed by atoms with Gasteiger partial charge in [0, 0.05) is 37.3 Å². The molecule has 2 amide bonds. The van der Waals surface area contributed by atoms with Gasteiger partial charge in [-0.2, -0.15) is 5.26 Å². The second-order valence-corrected chi connectivity index (χ2v) is 10.7. The summed E-state index contributed by atoms with van der Waals surface area (Å²) >= 11 is 0. The van der Waals surface area contributed by atoms with Crippen LogP contribution in [0.25, 0.3) is 22.4 Å². The maximum Gasteiger partial charge on any atom is 0.274 e. The Morgan fingerprint density at radius 3 is 2.34 bits per heavy atom. The molecule has 4 aromatic rings. The number of hydrogen-bond acceptors (Lipinski definition) is 10. The summed E-state index contributed by atoms with van der Waals surface area (Å²) in [5.74, 6) is -0.0245. The van der Waals surface area contributed by atoms with Crippen LogP contribution in [0.2, 0.25) is 0 Å². The Bertz CT molecular complexity index is 1850. The van der Waals surface area contributed by atoms with Gasteiger partial charge in [0.2, 0.25) is 5.95 Å². The second-order valence-electron chi connectivity index (χ2n) is 10.7. The number of aromatic nitrogens is 2. The van der Waals surface area contributed by atoms with Crippen LogP contribution >= 0.6 is 12.4 Å². The molecular weight excluding hydrogens is 626 g/mol. The van der Waals surface area contributed by atoms with Crippen LogP contribution in [-0.2, 0) is 11.8 Å². The number of nitrogens with one attached hydrogen (secondary N) is 2. The number of hydrogen-bond donors (Lipinski definition) is 4. The number of ether oxygens (including phenoxy) is 2. The molecule has 5 N–H and O–H groups in total. The molecule has 5 rings (SSSR count). The van der Waals surface area contributed by atoms with Crippen LogP contribution in [0.3, 0.4) is 0 Å². The van der Waals surface area contributed by atoms with Gasteiger partial charge < -0.3 is 25.4 Å². The van der Waals surface area contributed by atoms with Crippen molar-refractivity contribution in [1.29, 1.82) is 5.26 Å². The van der Waals surface area contributed by atoms with Gasteiger partial charge in [0.25, 0.3) is 17.4 Å². The highest BCUT2D eigenvalue weighted by molar-refractivity contribution is 5.97. The predicted molar refractivity (Wildman–Crippen MR) is 178 cm³/mol. The van der Waals surface area contributed by atoms with Gasteiger partial charge >= 0.3 is 0 Å². The highest BCUT2D eigenvalue weighted by Crippen LogP contribution is 2.32. The molecule has 1 aliphatic heterocycles. The van der Waals surface area contributed by atoms with Crippen LogP contribution in [0.4, 0.5) is 11.6 Å². The zero-order valence-electron chi connectivity index (χ0n) is 25.7. The fourth-order valence-corrected chi connectivity index (χ4v) is 5.20. The number of halogens is 1. The smallest absolute Gasteiger partial charge is 0.274 e. The van der Waals surface area contributed by atoms with E-state index in [-0.39, 0.29) is 41.9 Å². The van der Waals surface area contributed by atoms with Crippen molar-refractivity contribution in [3.05, 3.63) is 88.2 Å². The number of carbonyl (C=O) groups is 2. The maximum absolute atomic E-state index is 13.9. The minimum atomic E-state index is -0.719. The summed E-state index contributed by atoms with van der Waals surface area (Å²) in [5, 5.41) is 20.8. The Morgan fingerprint density at radius 1 is 1.06 bits per heavy atom. The molecule has 0 aliphatic carbocycles. The van der Waals surface area contributed by atoms with Gasteiger partial charge in [0.1, 0.15) is 11.5 Å². The predicted octanol–water partition coefficient (Wildman–Crippen LogP) is 3.48. The van der Waals surface area contributed by atoms with E-state index < -0.39 is 11.8 Å². The van der Waals surface area contributed by atoms with Crippen LogP contribution in [-0.4, -0.2) is 59.4 Å². The topological polar surface area (TPSA) is 185 Å². The first-order chi connectivity index (χ1) is 22.2. The minimum Gasteiger partial charge on any atom is -0.495 e. The Labute approximate surface area is 276 Å². The summed E-state index contributed by atoms with van der Waals surface area (Å²) in [5.41, 5.74) is 10.5. The minimum absolute atomic E-state index is 0. The average molecular weight is 660 g/mol. The lowest BCUT2D eigenvalue weighted by atomic mass is 9.99. The van der Waals surface area contributed by atoms with E-state index in [9.17, 15) is 19.6 Å². The van der Waals surface area contributed by atoms with Gasteiger partial charge in [-0.05, 0) is 60.9 Å². The molecule has 244 valence electrons. The first-order valence-corrected chi connectivity index (χ1v) is 14.5. The first kappa shape index (κ1) is 34.5. The number of nitrogens with zero attached hydrogens (tertiary/aromatic N) is 4. The van der Waals surface area contributed by atoms with E-state index in [2.05, 4.69) is 16.3 Å². The molecule has 3 aromatic carbocycles. The highest BCUT2D eigenvalue weighted by Gasteiger charge is 2.24. The summed E-state index contributed by atoms with van der Waals surface area (Å²) in [4.78, 5) is 45.3. The SMILES string of the molecule is COc1cc(C(=O)NO)ccc1NC(=O)COc1ccc(-c2c(-c3ccc(C#N)cc3)nc(N3CCC(N)CC3)n(C)c2=O)cc1.Cl. The maximum atomic E-state index is 13.9. The Hall–Kier alpha value is -5.42. The fraction of sp³-hybridized carbons (Fsp3) is 0.242. The van der Waals surface area contributed by atoms with Gasteiger partial charge in [-0.1, -0.05) is 24.3 Å². The van der Waals surface area contributed by atoms with Crippen molar-refractivity contribution in [2.24, 2.45) is 12.8 Å². The molecule has 47 heavy (non-hydrogen) atoms. The van der Waals surface area contributed by atoms with E-state index in [1.807, 2.05) is 0 Å². The number of methoxy groups -OCH3 is 1. The molecule has 1 fully saturated rings. The van der Waals surface area contributed by atoms with Crippen molar-refractivity contribution < 1.29 is 24.3 Å². The van der Waals surface area contributed by atoms with Crippen LogP contribution in [0, 0.1) is 11.3 Å². The van der Waals surface area contributed by atoms with Crippen LogP contribution in [0.15, 0.2) is 71.5 Å². The number of benzene rings is 3. The highest BCUT2D eigenvalue weighted by atomic mass is 35.5. The van der Waals surface area contributed by atoms with E-state index in [0.717, 1.165) is 12.8 Å². The monoisotopic (exact) mass is 659 g/mol. The number of rotatable bonds is 9. The number of amides is 2. The molecule has 0 bridgehead atoms. The number of nitriles is 1. The van der Waals surface area contributed by atoms with Crippen LogP contribution < -0.4 is 36.5 Å². The van der Waals surface area contributed by atoms with Crippen molar-refractivity contribution in [1.82, 2.24) is 15.0 Å². The lowest BCUT2D eigenvalue weighted by Crippen LogP contribution is -2.42. The van der Waals surface area contributed by atoms with Crippen molar-refractivity contribution in [2.75, 3.05) is 37.0 Å². The summed E-state index contributed by atoms with van der Waals surface area (Å²) < 4.78 is 12.5. The van der Waals surface area contributed by atoms with Crippen LogP contribution in [0.1, 0.15) is 28.8 Å². The molecule has 0 unspecified atom stereocenters. The lowest BCUT2D eigenvalue weighted by molar-refractivity contribution is -0.118. The molecule has 1 aliphatic rings. The number of carbonyl (C=O) groups excluding carboxylic acids is 2. The van der Waals surface area contributed by atoms with Gasteiger partial charge in [-0.3, -0.25) is 24.2 Å². The van der Waals surface area contributed by atoms with Crippen molar-refractivity contribution >= 4 is 35.9 Å². The first-order valence-electron chi connectivity index (χ1n) is 14.5. The summed E-state index contributed by atoms with van der Waals surface area (Å²) in [6.45, 7) is 1.05. The third-order valence-corrected chi connectivity index (χ3v) is 7.73. The molecule has 0 spiro atoms. The van der Waals surface area contributed by atoms with Crippen molar-refractivity contribution in [2.45, 2.75) is 18.9 Å². The number of hydroxylamine groups is 1. The summed E-state index contributed by atoms with van der Waals surface area (Å²) in [6.07, 6.45) is 1.60. The van der Waals surface area contributed by atoms with E-state index >= 15 is 0 Å². The summed E-state index contributed by atoms with van der Waals surface area (Å²) in [7, 11) is 3.08. The molecule has 0 radical (unpaired) electrons. The van der Waals surface area contributed by atoms with E-state index in [4.69, 9.17) is 25.4 Å². The number of piperidine rings is 1. The molecule has 1 saturated heterocycles. The van der Waals surface area contributed by atoms with E-state index in [0.29, 0.717) is 58.4 Å². The molecule has 13 nitrogen and oxygen atoms in total. The number of nitrogens with two attached hydrogens (primary N) is 1. The average Bonchev–Trinajstić information content (AvgIpc) is 3.09. The second kappa shape index (κ2) is 15.2. The van der Waals surface area contributed by atoms with Gasteiger partial charge in [0.15, 0.2) is 6.61 Å². The molecule has 14 heteroatoms. The van der Waals surface area contributed by atoms with Gasteiger partial charge in [-0.25, -0.2) is 10.5 Å². The lowest BCUT2D eigenvalue weighted by Gasteiger charge is -2.32. The van der Waals surface area contributed by atoms with Gasteiger partial charge in [-0.15, -0.1) is 12.4 Å². The largest absolute Gasteiger partial charge is 0.495 e. The fourth-order valence-electron chi connectivity index (χ4n) is 5.20. The normalized spacial score (nSPS) is 12.8. The van der Waals surface area contributed by atoms with Crippen molar-refractivity contribution in [3.8, 4) is 40.0 Å². The Kier molecular flexibility index (Phi) is 11.2. The molecule has 2 heterocycles.